The summed E-state index contributed by atoms with van der Waals surface area (Å²) in [5.41, 5.74) is 0.164. The number of hydrogen-bond acceptors (Lipinski definition) is 4. The van der Waals surface area contributed by atoms with Crippen LogP contribution < -0.4 is 4.74 Å². The normalized spacial score (nSPS) is 10.5. The Morgan fingerprint density at radius 2 is 2.21 bits per heavy atom. The number of nitrogens with zero attached hydrogens (tertiary/aromatic N) is 1. The third-order valence-corrected chi connectivity index (χ3v) is 3.02. The van der Waals surface area contributed by atoms with E-state index in [4.69, 9.17) is 9.84 Å². The summed E-state index contributed by atoms with van der Waals surface area (Å²) >= 11 is 2.98. The Hall–Kier alpha value is -2.09. The van der Waals surface area contributed by atoms with Crippen molar-refractivity contribution in [1.82, 2.24) is 10.2 Å². The molecule has 1 aromatic carbocycles. The number of carboxylic acid groups (broad SMARTS) is 1. The van der Waals surface area contributed by atoms with Gasteiger partial charge >= 0.3 is 5.97 Å². The molecule has 8 heteroatoms. The molecule has 100 valence electrons. The zero-order valence-electron chi connectivity index (χ0n) is 9.57. The van der Waals surface area contributed by atoms with Crippen LogP contribution in [0.1, 0.15) is 10.5 Å². The summed E-state index contributed by atoms with van der Waals surface area (Å²) in [4.78, 5) is 10.7. The summed E-state index contributed by atoms with van der Waals surface area (Å²) in [7, 11) is 1.21. The number of methoxy groups -OCH3 is 1. The number of halogens is 2. The molecule has 0 saturated heterocycles. The SMILES string of the molecule is COc1c(O)c(-c2cc(C(=O)O)[nH]n2)cc(Br)c1F. The number of aromatic nitrogens is 2. The molecule has 0 radical (unpaired) electrons. The van der Waals surface area contributed by atoms with Gasteiger partial charge in [-0.15, -0.1) is 0 Å². The molecule has 0 bridgehead atoms. The van der Waals surface area contributed by atoms with Crippen LogP contribution in [0.2, 0.25) is 0 Å². The molecule has 6 nitrogen and oxygen atoms in total. The lowest BCUT2D eigenvalue weighted by Crippen LogP contribution is -1.95. The molecular weight excluding hydrogens is 323 g/mol. The fraction of sp³-hybridized carbons (Fsp3) is 0.0909. The van der Waals surface area contributed by atoms with Gasteiger partial charge in [-0.3, -0.25) is 5.10 Å². The Kier molecular flexibility index (Phi) is 3.43. The largest absolute Gasteiger partial charge is 0.504 e. The van der Waals surface area contributed by atoms with E-state index in [2.05, 4.69) is 26.1 Å². The van der Waals surface area contributed by atoms with E-state index in [1.54, 1.807) is 0 Å². The molecule has 0 aliphatic heterocycles. The minimum atomic E-state index is -1.19. The van der Waals surface area contributed by atoms with Crippen molar-refractivity contribution in [3.63, 3.8) is 0 Å². The Morgan fingerprint density at radius 1 is 1.53 bits per heavy atom. The van der Waals surface area contributed by atoms with Crippen molar-refractivity contribution in [2.45, 2.75) is 0 Å². The lowest BCUT2D eigenvalue weighted by Gasteiger charge is -2.09. The molecule has 2 aromatic rings. The maximum atomic E-state index is 13.6. The molecule has 0 spiro atoms. The average Bonchev–Trinajstić information content (AvgIpc) is 2.84. The van der Waals surface area contributed by atoms with Gasteiger partial charge in [-0.2, -0.15) is 5.10 Å². The van der Waals surface area contributed by atoms with Crippen molar-refractivity contribution in [3.8, 4) is 22.8 Å². The van der Waals surface area contributed by atoms with E-state index >= 15 is 0 Å². The fourth-order valence-corrected chi connectivity index (χ4v) is 1.95. The third-order valence-electron chi connectivity index (χ3n) is 2.44. The molecule has 0 atom stereocenters. The monoisotopic (exact) mass is 330 g/mol. The molecule has 1 heterocycles. The van der Waals surface area contributed by atoms with Gasteiger partial charge in [0, 0.05) is 5.56 Å². The summed E-state index contributed by atoms with van der Waals surface area (Å²) in [6.07, 6.45) is 0. The number of benzene rings is 1. The van der Waals surface area contributed by atoms with Crippen LogP contribution in [-0.2, 0) is 0 Å². The Labute approximate surface area is 115 Å². The topological polar surface area (TPSA) is 95.4 Å². The van der Waals surface area contributed by atoms with Crippen LogP contribution >= 0.6 is 15.9 Å². The van der Waals surface area contributed by atoms with Crippen molar-refractivity contribution >= 4 is 21.9 Å². The smallest absolute Gasteiger partial charge is 0.353 e. The Balaban J connectivity index is 2.61. The predicted molar refractivity (Wildman–Crippen MR) is 66.9 cm³/mol. The van der Waals surface area contributed by atoms with Crippen LogP contribution in [-0.4, -0.2) is 33.5 Å². The average molecular weight is 331 g/mol. The molecule has 0 aliphatic carbocycles. The van der Waals surface area contributed by atoms with Crippen molar-refractivity contribution in [2.75, 3.05) is 7.11 Å². The zero-order chi connectivity index (χ0) is 14.2. The van der Waals surface area contributed by atoms with Crippen molar-refractivity contribution < 1.29 is 24.1 Å². The minimum absolute atomic E-state index is 0.0667. The Morgan fingerprint density at radius 3 is 2.74 bits per heavy atom. The second-order valence-corrected chi connectivity index (χ2v) is 4.43. The summed E-state index contributed by atoms with van der Waals surface area (Å²) in [5, 5.41) is 24.7. The van der Waals surface area contributed by atoms with Crippen LogP contribution in [0.15, 0.2) is 16.6 Å². The van der Waals surface area contributed by atoms with Gasteiger partial charge in [0.25, 0.3) is 0 Å². The molecule has 0 aliphatic rings. The van der Waals surface area contributed by atoms with E-state index in [-0.39, 0.29) is 27.2 Å². The standard InChI is InChI=1S/C11H8BrFN2O4/c1-19-10-8(13)5(12)2-4(9(10)16)6-3-7(11(17)18)15-14-6/h2-3,16H,1H3,(H,14,15)(H,17,18). The fourth-order valence-electron chi connectivity index (χ4n) is 1.54. The van der Waals surface area contributed by atoms with E-state index in [0.29, 0.717) is 0 Å². The summed E-state index contributed by atoms with van der Waals surface area (Å²) in [6.45, 7) is 0. The van der Waals surface area contributed by atoms with Crippen molar-refractivity contribution in [3.05, 3.63) is 28.1 Å². The van der Waals surface area contributed by atoms with Gasteiger partial charge in [-0.25, -0.2) is 9.18 Å². The van der Waals surface area contributed by atoms with Crippen LogP contribution in [0.3, 0.4) is 0 Å². The van der Waals surface area contributed by atoms with Gasteiger partial charge in [-0.05, 0) is 28.1 Å². The predicted octanol–water partition coefficient (Wildman–Crippen LogP) is 2.39. The van der Waals surface area contributed by atoms with Crippen LogP contribution in [0, 0.1) is 5.82 Å². The highest BCUT2D eigenvalue weighted by molar-refractivity contribution is 9.10. The second kappa shape index (κ2) is 4.88. The molecule has 0 unspecified atom stereocenters. The highest BCUT2D eigenvalue weighted by atomic mass is 79.9. The molecule has 19 heavy (non-hydrogen) atoms. The number of ether oxygens (including phenoxy) is 1. The first-order valence-electron chi connectivity index (χ1n) is 4.99. The maximum absolute atomic E-state index is 13.6. The van der Waals surface area contributed by atoms with Crippen LogP contribution in [0.4, 0.5) is 4.39 Å². The van der Waals surface area contributed by atoms with Gasteiger partial charge in [0.05, 0.1) is 17.3 Å². The number of carbonyl (C=O) groups is 1. The van der Waals surface area contributed by atoms with Gasteiger partial charge in [-0.1, -0.05) is 0 Å². The van der Waals surface area contributed by atoms with Gasteiger partial charge < -0.3 is 14.9 Å². The molecule has 2 rings (SSSR count). The summed E-state index contributed by atoms with van der Waals surface area (Å²) < 4.78 is 18.5. The van der Waals surface area contributed by atoms with Crippen LogP contribution in [0.25, 0.3) is 11.3 Å². The van der Waals surface area contributed by atoms with E-state index in [1.165, 1.54) is 19.2 Å². The highest BCUT2D eigenvalue weighted by Gasteiger charge is 2.20. The summed E-state index contributed by atoms with van der Waals surface area (Å²) in [5.74, 6) is -2.74. The third kappa shape index (κ3) is 2.26. The first-order valence-corrected chi connectivity index (χ1v) is 5.79. The number of aromatic carboxylic acids is 1. The van der Waals surface area contributed by atoms with E-state index in [9.17, 15) is 14.3 Å². The molecule has 1 aromatic heterocycles. The molecule has 3 N–H and O–H groups in total. The molecule has 0 amide bonds. The lowest BCUT2D eigenvalue weighted by atomic mass is 10.1. The Bertz CT molecular complexity index is 656. The number of hydrogen-bond donors (Lipinski definition) is 3. The van der Waals surface area contributed by atoms with Crippen molar-refractivity contribution in [2.24, 2.45) is 0 Å². The number of aromatic hydroxyl groups is 1. The highest BCUT2D eigenvalue weighted by Crippen LogP contribution is 2.41. The first-order chi connectivity index (χ1) is 8.95. The van der Waals surface area contributed by atoms with Gasteiger partial charge in [0.15, 0.2) is 17.3 Å². The lowest BCUT2D eigenvalue weighted by molar-refractivity contribution is 0.0690. The van der Waals surface area contributed by atoms with E-state index in [0.717, 1.165) is 0 Å². The molecular formula is C11H8BrFN2O4. The van der Waals surface area contributed by atoms with E-state index in [1.807, 2.05) is 0 Å². The minimum Gasteiger partial charge on any atom is -0.504 e. The quantitative estimate of drug-likeness (QED) is 0.803. The number of rotatable bonds is 3. The number of nitrogens with one attached hydrogen (secondary N) is 1. The van der Waals surface area contributed by atoms with Gasteiger partial charge in [0.2, 0.25) is 0 Å². The van der Waals surface area contributed by atoms with Crippen molar-refractivity contribution in [1.29, 1.82) is 0 Å². The maximum Gasteiger partial charge on any atom is 0.353 e. The van der Waals surface area contributed by atoms with E-state index < -0.39 is 17.5 Å². The molecule has 0 fully saturated rings. The number of aromatic amines is 1. The second-order valence-electron chi connectivity index (χ2n) is 3.57. The molecule has 0 saturated carbocycles. The number of phenolic OH excluding ortho intramolecular Hbond substituents is 1. The first kappa shape index (κ1) is 13.3. The summed E-state index contributed by atoms with van der Waals surface area (Å²) in [6, 6.07) is 2.51. The van der Waals surface area contributed by atoms with Crippen LogP contribution in [0.5, 0.6) is 11.5 Å². The number of H-pyrrole nitrogens is 1. The number of carboxylic acids is 1. The van der Waals surface area contributed by atoms with Gasteiger partial charge in [0.1, 0.15) is 5.69 Å². The number of phenols is 1. The zero-order valence-corrected chi connectivity index (χ0v) is 11.2.